The molecular formula is C35H53N3O5. The van der Waals surface area contributed by atoms with Crippen LogP contribution in [0.4, 0.5) is 4.79 Å². The van der Waals surface area contributed by atoms with E-state index in [-0.39, 0.29) is 24.0 Å². The van der Waals surface area contributed by atoms with Crippen molar-refractivity contribution < 1.29 is 24.2 Å². The first-order chi connectivity index (χ1) is 20.1. The van der Waals surface area contributed by atoms with E-state index in [1.807, 2.05) is 45.0 Å². The van der Waals surface area contributed by atoms with Crippen LogP contribution in [0.25, 0.3) is 0 Å². The summed E-state index contributed by atoms with van der Waals surface area (Å²) in [5.74, 6) is -0.544. The second-order valence-electron chi connectivity index (χ2n) is 13.3. The average Bonchev–Trinajstić information content (AvgIpc) is 2.91. The Labute approximate surface area is 258 Å². The van der Waals surface area contributed by atoms with Gasteiger partial charge in [0.1, 0.15) is 23.4 Å². The molecule has 0 spiro atoms. The third-order valence-corrected chi connectivity index (χ3v) is 6.91. The van der Waals surface area contributed by atoms with Crippen molar-refractivity contribution in [2.45, 2.75) is 124 Å². The third-order valence-electron chi connectivity index (χ3n) is 6.91. The van der Waals surface area contributed by atoms with Crippen molar-refractivity contribution in [2.75, 3.05) is 6.54 Å². The van der Waals surface area contributed by atoms with Gasteiger partial charge in [0.15, 0.2) is 0 Å². The van der Waals surface area contributed by atoms with E-state index in [0.717, 1.165) is 49.7 Å². The van der Waals surface area contributed by atoms with Gasteiger partial charge in [-0.3, -0.25) is 9.59 Å². The Bertz CT molecular complexity index is 1160. The highest BCUT2D eigenvalue weighted by Crippen LogP contribution is 2.26. The van der Waals surface area contributed by atoms with Crippen molar-refractivity contribution in [3.8, 4) is 5.75 Å². The van der Waals surface area contributed by atoms with Gasteiger partial charge in [-0.25, -0.2) is 4.79 Å². The summed E-state index contributed by atoms with van der Waals surface area (Å²) in [6.07, 6.45) is 5.17. The number of nitrogens with zero attached hydrogens (tertiary/aromatic N) is 1. The summed E-state index contributed by atoms with van der Waals surface area (Å²) in [4.78, 5) is 43.2. The molecule has 2 aromatic carbocycles. The fourth-order valence-corrected chi connectivity index (χ4v) is 4.82. The van der Waals surface area contributed by atoms with E-state index in [0.29, 0.717) is 12.1 Å². The summed E-state index contributed by atoms with van der Waals surface area (Å²) in [5.41, 5.74) is 1.31. The fraction of sp³-hybridized carbons (Fsp3) is 0.571. The molecule has 8 heteroatoms. The number of carbonyl (C=O) groups is 3. The highest BCUT2D eigenvalue weighted by atomic mass is 16.6. The van der Waals surface area contributed by atoms with Crippen LogP contribution in [0.3, 0.4) is 0 Å². The topological polar surface area (TPSA) is 108 Å². The highest BCUT2D eigenvalue weighted by molar-refractivity contribution is 5.92. The van der Waals surface area contributed by atoms with Crippen LogP contribution in [0, 0.1) is 0 Å². The molecule has 2 atom stereocenters. The minimum atomic E-state index is -1.00. The van der Waals surface area contributed by atoms with Crippen molar-refractivity contribution in [3.63, 3.8) is 0 Å². The number of phenolic OH excluding ortho intramolecular Hbond substituents is 1. The number of rotatable bonds is 14. The molecule has 3 amide bonds. The molecule has 0 aliphatic carbocycles. The molecule has 2 rings (SSSR count). The van der Waals surface area contributed by atoms with Gasteiger partial charge in [0, 0.05) is 18.5 Å². The predicted molar refractivity (Wildman–Crippen MR) is 172 cm³/mol. The first-order valence-corrected chi connectivity index (χ1v) is 15.6. The number of benzene rings is 2. The number of hydrogen-bond acceptors (Lipinski definition) is 5. The van der Waals surface area contributed by atoms with E-state index >= 15 is 0 Å². The summed E-state index contributed by atoms with van der Waals surface area (Å²) in [6.45, 7) is 15.6. The van der Waals surface area contributed by atoms with E-state index < -0.39 is 29.3 Å². The molecule has 0 heterocycles. The predicted octanol–water partition coefficient (Wildman–Crippen LogP) is 6.85. The van der Waals surface area contributed by atoms with Crippen molar-refractivity contribution in [1.82, 2.24) is 15.5 Å². The Kier molecular flexibility index (Phi) is 13.5. The quantitative estimate of drug-likeness (QED) is 0.207. The monoisotopic (exact) mass is 595 g/mol. The lowest BCUT2D eigenvalue weighted by Crippen LogP contribution is -2.55. The number of nitrogens with one attached hydrogen (secondary N) is 2. The van der Waals surface area contributed by atoms with Crippen molar-refractivity contribution >= 4 is 17.9 Å². The van der Waals surface area contributed by atoms with Crippen molar-refractivity contribution in [1.29, 1.82) is 0 Å². The maximum Gasteiger partial charge on any atom is 0.408 e. The lowest BCUT2D eigenvalue weighted by molar-refractivity contribution is -0.143. The molecule has 3 N–H and O–H groups in total. The zero-order valence-electron chi connectivity index (χ0n) is 27.5. The molecule has 0 saturated heterocycles. The minimum Gasteiger partial charge on any atom is -0.508 e. The van der Waals surface area contributed by atoms with Gasteiger partial charge < -0.3 is 25.4 Å². The SMILES string of the molecule is CCCCCCCN(C(=O)C(Cc1ccc(O)cc1)NC(=O)OC(C)(C)C)C(C(=O)NC(C)(C)C)c1ccc(CC)cc1. The maximum absolute atomic E-state index is 14.6. The average molecular weight is 596 g/mol. The molecule has 0 fully saturated rings. The fourth-order valence-electron chi connectivity index (χ4n) is 4.82. The van der Waals surface area contributed by atoms with Gasteiger partial charge in [-0.15, -0.1) is 0 Å². The number of amides is 3. The van der Waals surface area contributed by atoms with E-state index in [2.05, 4.69) is 24.5 Å². The molecule has 0 bridgehead atoms. The molecule has 0 radical (unpaired) electrons. The zero-order valence-corrected chi connectivity index (χ0v) is 27.5. The van der Waals surface area contributed by atoms with Crippen LogP contribution in [0.15, 0.2) is 48.5 Å². The van der Waals surface area contributed by atoms with Crippen molar-refractivity contribution in [3.05, 3.63) is 65.2 Å². The molecule has 0 aliphatic heterocycles. The van der Waals surface area contributed by atoms with Gasteiger partial charge >= 0.3 is 6.09 Å². The summed E-state index contributed by atoms with van der Waals surface area (Å²) < 4.78 is 5.52. The van der Waals surface area contributed by atoms with E-state index in [9.17, 15) is 19.5 Å². The number of hydrogen-bond donors (Lipinski definition) is 3. The molecule has 0 aromatic heterocycles. The molecular weight excluding hydrogens is 542 g/mol. The number of ether oxygens (including phenoxy) is 1. The number of unbranched alkanes of at least 4 members (excludes halogenated alkanes) is 4. The van der Waals surface area contributed by atoms with Gasteiger partial charge in [0.05, 0.1) is 0 Å². The Morgan fingerprint density at radius 1 is 0.837 bits per heavy atom. The lowest BCUT2D eigenvalue weighted by atomic mass is 9.97. The highest BCUT2D eigenvalue weighted by Gasteiger charge is 2.37. The van der Waals surface area contributed by atoms with Crippen LogP contribution in [0.2, 0.25) is 0 Å². The number of aromatic hydroxyl groups is 1. The molecule has 238 valence electrons. The molecule has 0 aliphatic rings. The van der Waals surface area contributed by atoms with Gasteiger partial charge in [-0.2, -0.15) is 0 Å². The minimum absolute atomic E-state index is 0.106. The van der Waals surface area contributed by atoms with Crippen LogP contribution in [-0.4, -0.2) is 51.6 Å². The van der Waals surface area contributed by atoms with E-state index in [4.69, 9.17) is 4.74 Å². The number of phenols is 1. The maximum atomic E-state index is 14.6. The van der Waals surface area contributed by atoms with Gasteiger partial charge in [0.2, 0.25) is 11.8 Å². The second kappa shape index (κ2) is 16.3. The van der Waals surface area contributed by atoms with E-state index in [1.165, 1.54) is 0 Å². The second-order valence-corrected chi connectivity index (χ2v) is 13.3. The molecule has 2 unspecified atom stereocenters. The largest absolute Gasteiger partial charge is 0.508 e. The van der Waals surface area contributed by atoms with E-state index in [1.54, 1.807) is 49.9 Å². The smallest absolute Gasteiger partial charge is 0.408 e. The van der Waals surface area contributed by atoms with Gasteiger partial charge in [-0.1, -0.05) is 75.9 Å². The summed E-state index contributed by atoms with van der Waals surface area (Å²) >= 11 is 0. The van der Waals surface area contributed by atoms with Crippen LogP contribution >= 0.6 is 0 Å². The molecule has 0 saturated carbocycles. The standard InChI is InChI=1S/C35H53N3O5/c1-9-11-12-13-14-23-38(30(31(40)37-34(3,4)5)27-19-15-25(10-2)16-20-27)32(41)29(36-33(42)43-35(6,7)8)24-26-17-21-28(39)22-18-26/h15-22,29-30,39H,9-14,23-24H2,1-8H3,(H,36,42)(H,37,40). The van der Waals surface area contributed by atoms with Gasteiger partial charge in [0.25, 0.3) is 0 Å². The molecule has 2 aromatic rings. The number of carbonyl (C=O) groups excluding carboxylic acids is 3. The summed E-state index contributed by atoms with van der Waals surface area (Å²) in [7, 11) is 0. The van der Waals surface area contributed by atoms with Crippen LogP contribution in [0.5, 0.6) is 5.75 Å². The first kappa shape index (κ1) is 35.6. The molecule has 8 nitrogen and oxygen atoms in total. The first-order valence-electron chi connectivity index (χ1n) is 15.6. The number of aryl methyl sites for hydroxylation is 1. The van der Waals surface area contributed by atoms with Crippen LogP contribution in [-0.2, 0) is 27.2 Å². The Morgan fingerprint density at radius 3 is 1.95 bits per heavy atom. The zero-order chi connectivity index (χ0) is 32.2. The van der Waals surface area contributed by atoms with Crippen LogP contribution < -0.4 is 10.6 Å². The lowest BCUT2D eigenvalue weighted by Gasteiger charge is -2.36. The van der Waals surface area contributed by atoms with Crippen molar-refractivity contribution in [2.24, 2.45) is 0 Å². The summed E-state index contributed by atoms with van der Waals surface area (Å²) in [6, 6.07) is 12.4. The Hall–Kier alpha value is -3.55. The normalized spacial score (nSPS) is 13.1. The van der Waals surface area contributed by atoms with Gasteiger partial charge in [-0.05, 0) is 83.2 Å². The third kappa shape index (κ3) is 12.7. The Morgan fingerprint density at radius 2 is 1.42 bits per heavy atom. The number of alkyl carbamates (subject to hydrolysis) is 1. The molecule has 43 heavy (non-hydrogen) atoms. The van der Waals surface area contributed by atoms with Crippen LogP contribution in [0.1, 0.15) is 110 Å². The Balaban J connectivity index is 2.58. The summed E-state index contributed by atoms with van der Waals surface area (Å²) in [5, 5.41) is 15.7.